The summed E-state index contributed by atoms with van der Waals surface area (Å²) in [6.45, 7) is -0.201. The number of anilines is 2. The first-order chi connectivity index (χ1) is 9.54. The van der Waals surface area contributed by atoms with Gasteiger partial charge in [0.15, 0.2) is 6.61 Å². The third-order valence-corrected chi connectivity index (χ3v) is 2.74. The number of halogens is 2. The standard InChI is InChI=1S/C14H12ClFN2O2/c15-12-5-4-10(7-13(12)16)18-14(19)8-20-11-3-1-2-9(17)6-11/h1-7H,8,17H2,(H,18,19). The van der Waals surface area contributed by atoms with Gasteiger partial charge in [-0.15, -0.1) is 0 Å². The van der Waals surface area contributed by atoms with Crippen molar-refractivity contribution in [3.05, 3.63) is 53.3 Å². The SMILES string of the molecule is Nc1cccc(OCC(=O)Nc2ccc(Cl)c(F)c2)c1. The first kappa shape index (κ1) is 14.1. The van der Waals surface area contributed by atoms with Gasteiger partial charge in [0.25, 0.3) is 5.91 Å². The van der Waals surface area contributed by atoms with E-state index in [1.807, 2.05) is 0 Å². The van der Waals surface area contributed by atoms with E-state index in [0.29, 0.717) is 17.1 Å². The molecule has 6 heteroatoms. The molecule has 2 aromatic carbocycles. The highest BCUT2D eigenvalue weighted by Crippen LogP contribution is 2.19. The third-order valence-electron chi connectivity index (χ3n) is 2.43. The predicted octanol–water partition coefficient (Wildman–Crippen LogP) is 3.08. The Bertz CT molecular complexity index is 634. The van der Waals surface area contributed by atoms with Gasteiger partial charge in [0.1, 0.15) is 11.6 Å². The predicted molar refractivity (Wildman–Crippen MR) is 76.4 cm³/mol. The van der Waals surface area contributed by atoms with E-state index in [9.17, 15) is 9.18 Å². The number of rotatable bonds is 4. The van der Waals surface area contributed by atoms with E-state index in [1.165, 1.54) is 12.1 Å². The maximum Gasteiger partial charge on any atom is 0.262 e. The van der Waals surface area contributed by atoms with Crippen LogP contribution in [0.2, 0.25) is 5.02 Å². The van der Waals surface area contributed by atoms with Crippen molar-refractivity contribution >= 4 is 28.9 Å². The molecule has 4 nitrogen and oxygen atoms in total. The quantitative estimate of drug-likeness (QED) is 0.852. The van der Waals surface area contributed by atoms with Gasteiger partial charge in [0, 0.05) is 17.4 Å². The Morgan fingerprint density at radius 3 is 2.80 bits per heavy atom. The van der Waals surface area contributed by atoms with Crippen LogP contribution in [-0.4, -0.2) is 12.5 Å². The summed E-state index contributed by atoms with van der Waals surface area (Å²) in [5.41, 5.74) is 6.44. The van der Waals surface area contributed by atoms with Crippen molar-refractivity contribution in [2.75, 3.05) is 17.7 Å². The summed E-state index contributed by atoms with van der Waals surface area (Å²) in [5.74, 6) is -0.516. The fourth-order valence-electron chi connectivity index (χ4n) is 1.52. The number of carbonyl (C=O) groups is 1. The number of nitrogens with two attached hydrogens (primary N) is 1. The Morgan fingerprint density at radius 2 is 2.10 bits per heavy atom. The lowest BCUT2D eigenvalue weighted by Gasteiger charge is -2.08. The van der Waals surface area contributed by atoms with Crippen LogP contribution in [0.15, 0.2) is 42.5 Å². The summed E-state index contributed by atoms with van der Waals surface area (Å²) in [6, 6.07) is 10.7. The highest BCUT2D eigenvalue weighted by Gasteiger charge is 2.06. The van der Waals surface area contributed by atoms with Crippen molar-refractivity contribution in [2.24, 2.45) is 0 Å². The van der Waals surface area contributed by atoms with Crippen LogP contribution in [0.3, 0.4) is 0 Å². The van der Waals surface area contributed by atoms with Crippen LogP contribution in [0.5, 0.6) is 5.75 Å². The Hall–Kier alpha value is -2.27. The van der Waals surface area contributed by atoms with Crippen molar-refractivity contribution in [1.29, 1.82) is 0 Å². The molecule has 2 rings (SSSR count). The highest BCUT2D eigenvalue weighted by molar-refractivity contribution is 6.30. The van der Waals surface area contributed by atoms with Gasteiger partial charge in [0.2, 0.25) is 0 Å². The van der Waals surface area contributed by atoms with E-state index in [0.717, 1.165) is 6.07 Å². The molecular weight excluding hydrogens is 283 g/mol. The smallest absolute Gasteiger partial charge is 0.262 e. The lowest BCUT2D eigenvalue weighted by Crippen LogP contribution is -2.20. The molecular formula is C14H12ClFN2O2. The highest BCUT2D eigenvalue weighted by atomic mass is 35.5. The summed E-state index contributed by atoms with van der Waals surface area (Å²) in [5, 5.41) is 2.50. The average molecular weight is 295 g/mol. The summed E-state index contributed by atoms with van der Waals surface area (Å²) in [4.78, 5) is 11.6. The largest absolute Gasteiger partial charge is 0.484 e. The molecule has 0 saturated heterocycles. The number of amides is 1. The van der Waals surface area contributed by atoms with E-state index in [4.69, 9.17) is 22.1 Å². The molecule has 104 valence electrons. The molecule has 0 radical (unpaired) electrons. The maximum atomic E-state index is 13.2. The molecule has 0 saturated carbocycles. The molecule has 2 aromatic rings. The van der Waals surface area contributed by atoms with E-state index < -0.39 is 11.7 Å². The van der Waals surface area contributed by atoms with E-state index in [2.05, 4.69) is 5.32 Å². The van der Waals surface area contributed by atoms with Gasteiger partial charge < -0.3 is 15.8 Å². The fourth-order valence-corrected chi connectivity index (χ4v) is 1.64. The summed E-state index contributed by atoms with van der Waals surface area (Å²) in [6.07, 6.45) is 0. The second-order valence-corrected chi connectivity index (χ2v) is 4.45. The Kier molecular flexibility index (Phi) is 4.42. The van der Waals surface area contributed by atoms with Crippen molar-refractivity contribution in [3.8, 4) is 5.75 Å². The van der Waals surface area contributed by atoms with Crippen molar-refractivity contribution in [3.63, 3.8) is 0 Å². The first-order valence-corrected chi connectivity index (χ1v) is 6.15. The molecule has 0 aliphatic heterocycles. The van der Waals surface area contributed by atoms with Crippen LogP contribution < -0.4 is 15.8 Å². The number of hydrogen-bond donors (Lipinski definition) is 2. The van der Waals surface area contributed by atoms with Crippen molar-refractivity contribution in [2.45, 2.75) is 0 Å². The fraction of sp³-hybridized carbons (Fsp3) is 0.0714. The van der Waals surface area contributed by atoms with Gasteiger partial charge in [-0.1, -0.05) is 17.7 Å². The zero-order valence-electron chi connectivity index (χ0n) is 10.4. The molecule has 0 atom stereocenters. The normalized spacial score (nSPS) is 10.1. The molecule has 0 spiro atoms. The van der Waals surface area contributed by atoms with E-state index in [-0.39, 0.29) is 11.6 Å². The van der Waals surface area contributed by atoms with Crippen LogP contribution in [0.1, 0.15) is 0 Å². The van der Waals surface area contributed by atoms with Crippen LogP contribution >= 0.6 is 11.6 Å². The number of hydrogen-bond acceptors (Lipinski definition) is 3. The minimum Gasteiger partial charge on any atom is -0.484 e. The van der Waals surface area contributed by atoms with Crippen molar-refractivity contribution in [1.82, 2.24) is 0 Å². The monoisotopic (exact) mass is 294 g/mol. The average Bonchev–Trinajstić information content (AvgIpc) is 2.41. The van der Waals surface area contributed by atoms with Crippen LogP contribution in [0, 0.1) is 5.82 Å². The zero-order chi connectivity index (χ0) is 14.5. The van der Waals surface area contributed by atoms with Gasteiger partial charge in [0.05, 0.1) is 5.02 Å². The molecule has 3 N–H and O–H groups in total. The van der Waals surface area contributed by atoms with Gasteiger partial charge in [-0.2, -0.15) is 0 Å². The Morgan fingerprint density at radius 1 is 1.30 bits per heavy atom. The minimum atomic E-state index is -0.596. The van der Waals surface area contributed by atoms with Gasteiger partial charge in [-0.3, -0.25) is 4.79 Å². The molecule has 0 aliphatic rings. The number of benzene rings is 2. The molecule has 0 bridgehead atoms. The minimum absolute atomic E-state index is 0.000917. The lowest BCUT2D eigenvalue weighted by molar-refractivity contribution is -0.118. The molecule has 1 amide bonds. The number of nitrogen functional groups attached to an aromatic ring is 1. The summed E-state index contributed by atoms with van der Waals surface area (Å²) < 4.78 is 18.5. The Labute approximate surface area is 120 Å². The van der Waals surface area contributed by atoms with E-state index >= 15 is 0 Å². The second kappa shape index (κ2) is 6.25. The zero-order valence-corrected chi connectivity index (χ0v) is 11.2. The lowest BCUT2D eigenvalue weighted by atomic mass is 10.3. The number of carbonyl (C=O) groups excluding carboxylic acids is 1. The molecule has 0 heterocycles. The van der Waals surface area contributed by atoms with Crippen LogP contribution in [0.4, 0.5) is 15.8 Å². The molecule has 0 unspecified atom stereocenters. The van der Waals surface area contributed by atoms with Gasteiger partial charge >= 0.3 is 0 Å². The van der Waals surface area contributed by atoms with Gasteiger partial charge in [-0.25, -0.2) is 4.39 Å². The maximum absolute atomic E-state index is 13.2. The molecule has 20 heavy (non-hydrogen) atoms. The summed E-state index contributed by atoms with van der Waals surface area (Å²) in [7, 11) is 0. The summed E-state index contributed by atoms with van der Waals surface area (Å²) >= 11 is 5.55. The van der Waals surface area contributed by atoms with Gasteiger partial charge in [-0.05, 0) is 30.3 Å². The second-order valence-electron chi connectivity index (χ2n) is 4.04. The molecule has 0 fully saturated rings. The van der Waals surface area contributed by atoms with Crippen LogP contribution in [-0.2, 0) is 4.79 Å². The Balaban J connectivity index is 1.91. The number of nitrogens with one attached hydrogen (secondary N) is 1. The first-order valence-electron chi connectivity index (χ1n) is 5.78. The number of ether oxygens (including phenoxy) is 1. The molecule has 0 aliphatic carbocycles. The van der Waals surface area contributed by atoms with E-state index in [1.54, 1.807) is 24.3 Å². The van der Waals surface area contributed by atoms with Crippen LogP contribution in [0.25, 0.3) is 0 Å². The van der Waals surface area contributed by atoms with Crippen molar-refractivity contribution < 1.29 is 13.9 Å². The topological polar surface area (TPSA) is 64.3 Å². The third kappa shape index (κ3) is 3.86. The molecule has 0 aromatic heterocycles.